The highest BCUT2D eigenvalue weighted by atomic mass is 19.3. The monoisotopic (exact) mass is 241 g/mol. The number of carbonyl (C=O) groups is 2. The summed E-state index contributed by atoms with van der Waals surface area (Å²) in [5.41, 5.74) is 0. The average molecular weight is 241 g/mol. The molecule has 0 rings (SSSR count). The summed E-state index contributed by atoms with van der Waals surface area (Å²) in [4.78, 5) is 20.7. The lowest BCUT2D eigenvalue weighted by Crippen LogP contribution is -2.39. The third kappa shape index (κ3) is 6.02. The number of halogens is 3. The Bertz CT molecular complexity index is 302. The third-order valence-electron chi connectivity index (χ3n) is 1.62. The second-order valence-electron chi connectivity index (χ2n) is 2.86. The van der Waals surface area contributed by atoms with Crippen LogP contribution >= 0.6 is 0 Å². The molecule has 0 aromatic heterocycles. The predicted molar refractivity (Wildman–Crippen MR) is 46.6 cm³/mol. The topological polar surface area (TPSA) is 86.6 Å². The van der Waals surface area contributed by atoms with Crippen LogP contribution in [0.4, 0.5) is 13.2 Å². The van der Waals surface area contributed by atoms with Crippen molar-refractivity contribution in [3.05, 3.63) is 11.9 Å². The van der Waals surface area contributed by atoms with Gasteiger partial charge in [0, 0.05) is 13.0 Å². The lowest BCUT2D eigenvalue weighted by Gasteiger charge is -2.11. The molecule has 8 heteroatoms. The quantitative estimate of drug-likeness (QED) is 0.618. The molecule has 92 valence electrons. The average Bonchev–Trinajstić information content (AvgIpc) is 2.14. The smallest absolute Gasteiger partial charge is 0.321 e. The fraction of sp³-hybridized carbons (Fsp3) is 0.500. The van der Waals surface area contributed by atoms with Crippen LogP contribution in [0.2, 0.25) is 0 Å². The molecule has 0 aliphatic carbocycles. The molecule has 0 aromatic rings. The zero-order valence-electron chi connectivity index (χ0n) is 8.04. The van der Waals surface area contributed by atoms with Crippen LogP contribution in [0.5, 0.6) is 0 Å². The van der Waals surface area contributed by atoms with Gasteiger partial charge in [0.25, 0.3) is 0 Å². The molecule has 0 spiro atoms. The van der Waals surface area contributed by atoms with Gasteiger partial charge in [0.1, 0.15) is 6.04 Å². The van der Waals surface area contributed by atoms with Crippen molar-refractivity contribution >= 4 is 11.9 Å². The van der Waals surface area contributed by atoms with Crippen molar-refractivity contribution < 1.29 is 33.0 Å². The molecule has 16 heavy (non-hydrogen) atoms. The van der Waals surface area contributed by atoms with Crippen LogP contribution in [0.3, 0.4) is 0 Å². The standard InChI is InChI=1S/C8H10F3NO4/c9-4(7(10)11)1-2-12-5(8(15)16)3-6(13)14/h5,12H,1-3H2,(H,13,14)(H,15,16)/t5-/m0/s1. The van der Waals surface area contributed by atoms with Crippen LogP contribution in [0.25, 0.3) is 0 Å². The molecule has 5 nitrogen and oxygen atoms in total. The Morgan fingerprint density at radius 2 is 1.75 bits per heavy atom. The van der Waals surface area contributed by atoms with Crippen LogP contribution < -0.4 is 5.32 Å². The summed E-state index contributed by atoms with van der Waals surface area (Å²) >= 11 is 0. The normalized spacial score (nSPS) is 11.9. The number of carboxylic acids is 2. The number of hydrogen-bond donors (Lipinski definition) is 3. The molecule has 0 saturated carbocycles. The molecule has 0 aliphatic rings. The lowest BCUT2D eigenvalue weighted by atomic mass is 10.2. The van der Waals surface area contributed by atoms with Crippen molar-refractivity contribution in [1.29, 1.82) is 0 Å². The summed E-state index contributed by atoms with van der Waals surface area (Å²) in [5, 5.41) is 19.0. The Morgan fingerprint density at radius 1 is 1.19 bits per heavy atom. The van der Waals surface area contributed by atoms with E-state index < -0.39 is 42.7 Å². The van der Waals surface area contributed by atoms with Gasteiger partial charge in [0.15, 0.2) is 5.83 Å². The second-order valence-corrected chi connectivity index (χ2v) is 2.86. The van der Waals surface area contributed by atoms with Gasteiger partial charge in [-0.3, -0.25) is 9.59 Å². The summed E-state index contributed by atoms with van der Waals surface area (Å²) in [5.74, 6) is -4.44. The van der Waals surface area contributed by atoms with Crippen molar-refractivity contribution in [2.75, 3.05) is 6.54 Å². The maximum atomic E-state index is 12.3. The SMILES string of the molecule is O=C(O)C[C@H](NCCC(F)=C(F)F)C(=O)O. The molecule has 0 saturated heterocycles. The van der Waals surface area contributed by atoms with E-state index in [0.717, 1.165) is 0 Å². The molecule has 0 aromatic carbocycles. The fourth-order valence-electron chi connectivity index (χ4n) is 0.872. The van der Waals surface area contributed by atoms with Crippen LogP contribution in [0.1, 0.15) is 12.8 Å². The van der Waals surface area contributed by atoms with Crippen molar-refractivity contribution in [2.24, 2.45) is 0 Å². The summed E-state index contributed by atoms with van der Waals surface area (Å²) in [6, 6.07) is -1.42. The number of nitrogens with one attached hydrogen (secondary N) is 1. The minimum absolute atomic E-state index is 0.382. The van der Waals surface area contributed by atoms with Crippen LogP contribution in [-0.4, -0.2) is 34.7 Å². The first kappa shape index (κ1) is 14.4. The van der Waals surface area contributed by atoms with Gasteiger partial charge in [-0.05, 0) is 0 Å². The van der Waals surface area contributed by atoms with Gasteiger partial charge in [-0.2, -0.15) is 8.78 Å². The van der Waals surface area contributed by atoms with Gasteiger partial charge in [0.2, 0.25) is 0 Å². The van der Waals surface area contributed by atoms with E-state index in [4.69, 9.17) is 10.2 Å². The zero-order valence-corrected chi connectivity index (χ0v) is 8.04. The molecule has 3 N–H and O–H groups in total. The van der Waals surface area contributed by atoms with Gasteiger partial charge in [-0.1, -0.05) is 0 Å². The number of carboxylic acid groups (broad SMARTS) is 2. The molecule has 0 heterocycles. The number of rotatable bonds is 7. The first-order valence-corrected chi connectivity index (χ1v) is 4.22. The van der Waals surface area contributed by atoms with Gasteiger partial charge >= 0.3 is 18.0 Å². The Labute approximate surface area is 88.6 Å². The largest absolute Gasteiger partial charge is 0.481 e. The number of hydrogen-bond acceptors (Lipinski definition) is 3. The second kappa shape index (κ2) is 6.83. The van der Waals surface area contributed by atoms with Crippen LogP contribution in [0.15, 0.2) is 11.9 Å². The van der Waals surface area contributed by atoms with E-state index in [2.05, 4.69) is 5.32 Å². The molecule has 0 radical (unpaired) electrons. The molecule has 0 bridgehead atoms. The first-order chi connectivity index (χ1) is 7.34. The van der Waals surface area contributed by atoms with Gasteiger partial charge < -0.3 is 15.5 Å². The van der Waals surface area contributed by atoms with E-state index >= 15 is 0 Å². The summed E-state index contributed by atoms with van der Waals surface area (Å²) < 4.78 is 35.4. The first-order valence-electron chi connectivity index (χ1n) is 4.22. The Kier molecular flexibility index (Phi) is 6.16. The molecule has 0 amide bonds. The molecule has 0 unspecified atom stereocenters. The molecule has 1 atom stereocenters. The van der Waals surface area contributed by atoms with Crippen molar-refractivity contribution in [2.45, 2.75) is 18.9 Å². The van der Waals surface area contributed by atoms with Crippen molar-refractivity contribution in [3.8, 4) is 0 Å². The van der Waals surface area contributed by atoms with Crippen molar-refractivity contribution in [3.63, 3.8) is 0 Å². The third-order valence-corrected chi connectivity index (χ3v) is 1.62. The van der Waals surface area contributed by atoms with Gasteiger partial charge in [0.05, 0.1) is 6.42 Å². The Balaban J connectivity index is 4.09. The fourth-order valence-corrected chi connectivity index (χ4v) is 0.872. The zero-order chi connectivity index (χ0) is 12.7. The summed E-state index contributed by atoms with van der Waals surface area (Å²) in [6.45, 7) is -0.382. The van der Waals surface area contributed by atoms with E-state index in [1.807, 2.05) is 0 Å². The van der Waals surface area contributed by atoms with E-state index in [-0.39, 0.29) is 6.54 Å². The summed E-state index contributed by atoms with van der Waals surface area (Å²) in [7, 11) is 0. The highest BCUT2D eigenvalue weighted by Crippen LogP contribution is 2.12. The van der Waals surface area contributed by atoms with Crippen molar-refractivity contribution in [1.82, 2.24) is 5.32 Å². The molecular weight excluding hydrogens is 231 g/mol. The molecule has 0 aliphatic heterocycles. The highest BCUT2D eigenvalue weighted by Gasteiger charge is 2.20. The van der Waals surface area contributed by atoms with E-state index in [1.165, 1.54) is 0 Å². The predicted octanol–water partition coefficient (Wildman–Crippen LogP) is 0.972. The maximum absolute atomic E-state index is 12.3. The van der Waals surface area contributed by atoms with Gasteiger partial charge in [-0.25, -0.2) is 4.39 Å². The molecule has 0 fully saturated rings. The lowest BCUT2D eigenvalue weighted by molar-refractivity contribution is -0.145. The highest BCUT2D eigenvalue weighted by molar-refractivity contribution is 5.80. The summed E-state index contributed by atoms with van der Waals surface area (Å²) in [6.07, 6.45) is -3.86. The minimum Gasteiger partial charge on any atom is -0.481 e. The Hall–Kier alpha value is -1.57. The number of aliphatic carboxylic acids is 2. The van der Waals surface area contributed by atoms with Crippen LogP contribution in [0, 0.1) is 0 Å². The maximum Gasteiger partial charge on any atom is 0.321 e. The van der Waals surface area contributed by atoms with E-state index in [0.29, 0.717) is 0 Å². The Morgan fingerprint density at radius 3 is 2.12 bits per heavy atom. The molecular formula is C8H10F3NO4. The minimum atomic E-state index is -2.47. The van der Waals surface area contributed by atoms with E-state index in [9.17, 15) is 22.8 Å². The van der Waals surface area contributed by atoms with Crippen LogP contribution in [-0.2, 0) is 9.59 Å². The van der Waals surface area contributed by atoms with E-state index in [1.54, 1.807) is 0 Å². The van der Waals surface area contributed by atoms with Gasteiger partial charge in [-0.15, -0.1) is 0 Å².